The number of hydrogen-bond donors (Lipinski definition) is 2. The summed E-state index contributed by atoms with van der Waals surface area (Å²) < 4.78 is 5.34. The molecule has 7 heteroatoms. The lowest BCUT2D eigenvalue weighted by Gasteiger charge is -2.29. The van der Waals surface area contributed by atoms with Gasteiger partial charge in [-0.05, 0) is 56.2 Å². The molecule has 4 rings (SSSR count). The van der Waals surface area contributed by atoms with Gasteiger partial charge in [0.1, 0.15) is 5.76 Å². The second-order valence-corrected chi connectivity index (χ2v) is 9.07. The highest BCUT2D eigenvalue weighted by molar-refractivity contribution is 8.00. The number of furan rings is 1. The molecule has 1 atom stereocenters. The number of nitrogens with one attached hydrogen (secondary N) is 2. The van der Waals surface area contributed by atoms with Gasteiger partial charge < -0.3 is 20.0 Å². The zero-order valence-corrected chi connectivity index (χ0v) is 19.1. The minimum Gasteiger partial charge on any atom is -0.469 e. The van der Waals surface area contributed by atoms with E-state index < -0.39 is 0 Å². The quantitative estimate of drug-likeness (QED) is 0.509. The van der Waals surface area contributed by atoms with Gasteiger partial charge in [0, 0.05) is 23.0 Å². The van der Waals surface area contributed by atoms with Crippen molar-refractivity contribution in [2.45, 2.75) is 44.2 Å². The van der Waals surface area contributed by atoms with E-state index in [2.05, 4.69) is 22.8 Å². The number of rotatable bonds is 7. The second kappa shape index (κ2) is 9.96. The summed E-state index contributed by atoms with van der Waals surface area (Å²) in [6, 6.07) is 17.4. The standard InChI is InChI=1S/C25H27N3O3S/c1-17-5-8-19(9-6-17)15-28-22-14-20(10-12-23(22)32-16-24(28)29)27-25(30)26-18(2)7-11-21-4-3-13-31-21/h3-6,8-10,12-14,18H,7,11,15-16H2,1-2H3,(H2,26,27,30). The molecule has 0 spiro atoms. The number of nitrogens with zero attached hydrogens (tertiary/aromatic N) is 1. The average Bonchev–Trinajstić information content (AvgIpc) is 3.29. The van der Waals surface area contributed by atoms with Crippen LogP contribution in [0, 0.1) is 6.92 Å². The predicted molar refractivity (Wildman–Crippen MR) is 128 cm³/mol. The van der Waals surface area contributed by atoms with Crippen molar-refractivity contribution in [3.05, 3.63) is 77.7 Å². The van der Waals surface area contributed by atoms with Crippen LogP contribution in [0.1, 0.15) is 30.2 Å². The molecule has 1 unspecified atom stereocenters. The molecule has 32 heavy (non-hydrogen) atoms. The van der Waals surface area contributed by atoms with Crippen molar-refractivity contribution in [3.63, 3.8) is 0 Å². The highest BCUT2D eigenvalue weighted by Crippen LogP contribution is 2.38. The van der Waals surface area contributed by atoms with Gasteiger partial charge in [0.2, 0.25) is 5.91 Å². The van der Waals surface area contributed by atoms with Gasteiger partial charge in [-0.2, -0.15) is 0 Å². The minimum absolute atomic E-state index is 0.00658. The molecule has 0 bridgehead atoms. The molecule has 3 aromatic rings. The third-order valence-electron chi connectivity index (χ3n) is 5.40. The smallest absolute Gasteiger partial charge is 0.319 e. The first-order valence-electron chi connectivity index (χ1n) is 10.7. The third-order valence-corrected chi connectivity index (χ3v) is 6.45. The Morgan fingerprint density at radius 2 is 2.00 bits per heavy atom. The Bertz CT molecular complexity index is 1080. The van der Waals surface area contributed by atoms with Gasteiger partial charge in [0.15, 0.2) is 0 Å². The van der Waals surface area contributed by atoms with Gasteiger partial charge in [-0.15, -0.1) is 11.8 Å². The summed E-state index contributed by atoms with van der Waals surface area (Å²) in [7, 11) is 0. The molecular formula is C25H27N3O3S. The van der Waals surface area contributed by atoms with Crippen LogP contribution in [-0.4, -0.2) is 23.7 Å². The Labute approximate surface area is 192 Å². The van der Waals surface area contributed by atoms with Crippen molar-refractivity contribution in [3.8, 4) is 0 Å². The van der Waals surface area contributed by atoms with Crippen LogP contribution in [0.4, 0.5) is 16.2 Å². The van der Waals surface area contributed by atoms with Crippen LogP contribution in [-0.2, 0) is 17.8 Å². The van der Waals surface area contributed by atoms with E-state index in [0.717, 1.165) is 34.7 Å². The van der Waals surface area contributed by atoms with Crippen LogP contribution < -0.4 is 15.5 Å². The number of benzene rings is 2. The molecule has 2 aromatic carbocycles. The number of amides is 3. The molecule has 1 aliphatic rings. The van der Waals surface area contributed by atoms with Gasteiger partial charge in [-0.25, -0.2) is 4.79 Å². The largest absolute Gasteiger partial charge is 0.469 e. The van der Waals surface area contributed by atoms with E-state index in [1.807, 2.05) is 56.3 Å². The number of aryl methyl sites for hydroxylation is 2. The topological polar surface area (TPSA) is 74.6 Å². The van der Waals surface area contributed by atoms with Gasteiger partial charge in [-0.1, -0.05) is 29.8 Å². The van der Waals surface area contributed by atoms with Gasteiger partial charge in [-0.3, -0.25) is 4.79 Å². The lowest BCUT2D eigenvalue weighted by molar-refractivity contribution is -0.116. The SMILES string of the molecule is Cc1ccc(CN2C(=O)CSc3ccc(NC(=O)NC(C)CCc4ccco4)cc32)cc1. The van der Waals surface area contributed by atoms with E-state index in [0.29, 0.717) is 18.0 Å². The minimum atomic E-state index is -0.267. The van der Waals surface area contributed by atoms with E-state index in [4.69, 9.17) is 4.42 Å². The highest BCUT2D eigenvalue weighted by atomic mass is 32.2. The Hall–Kier alpha value is -3.19. The maximum absolute atomic E-state index is 12.7. The molecule has 2 heterocycles. The van der Waals surface area contributed by atoms with E-state index >= 15 is 0 Å². The fourth-order valence-corrected chi connectivity index (χ4v) is 4.52. The first-order valence-corrected chi connectivity index (χ1v) is 11.7. The molecule has 0 saturated heterocycles. The molecule has 0 radical (unpaired) electrons. The summed E-state index contributed by atoms with van der Waals surface area (Å²) in [5, 5.41) is 5.86. The number of thioether (sulfide) groups is 1. The normalized spacial score (nSPS) is 14.1. The molecule has 6 nitrogen and oxygen atoms in total. The Morgan fingerprint density at radius 1 is 1.19 bits per heavy atom. The zero-order valence-electron chi connectivity index (χ0n) is 18.3. The van der Waals surface area contributed by atoms with Gasteiger partial charge >= 0.3 is 6.03 Å². The predicted octanol–water partition coefficient (Wildman–Crippen LogP) is 5.37. The molecular weight excluding hydrogens is 422 g/mol. The fraction of sp³-hybridized carbons (Fsp3) is 0.280. The summed E-state index contributed by atoms with van der Waals surface area (Å²) >= 11 is 1.53. The number of carbonyl (C=O) groups is 2. The second-order valence-electron chi connectivity index (χ2n) is 8.05. The van der Waals surface area contributed by atoms with E-state index in [1.165, 1.54) is 17.3 Å². The lowest BCUT2D eigenvalue weighted by atomic mass is 10.1. The van der Waals surface area contributed by atoms with Crippen LogP contribution in [0.5, 0.6) is 0 Å². The lowest BCUT2D eigenvalue weighted by Crippen LogP contribution is -2.37. The monoisotopic (exact) mass is 449 g/mol. The Balaban J connectivity index is 1.41. The number of urea groups is 1. The van der Waals surface area contributed by atoms with Crippen LogP contribution in [0.2, 0.25) is 0 Å². The maximum Gasteiger partial charge on any atom is 0.319 e. The maximum atomic E-state index is 12.7. The Morgan fingerprint density at radius 3 is 2.75 bits per heavy atom. The van der Waals surface area contributed by atoms with E-state index in [-0.39, 0.29) is 18.0 Å². The molecule has 0 fully saturated rings. The van der Waals surface area contributed by atoms with E-state index in [9.17, 15) is 9.59 Å². The van der Waals surface area contributed by atoms with Crippen LogP contribution in [0.25, 0.3) is 0 Å². The number of anilines is 2. The first-order chi connectivity index (χ1) is 15.5. The molecule has 0 aliphatic carbocycles. The summed E-state index contributed by atoms with van der Waals surface area (Å²) in [5.41, 5.74) is 3.74. The number of carbonyl (C=O) groups excluding carboxylic acids is 2. The van der Waals surface area contributed by atoms with Crippen molar-refractivity contribution in [1.82, 2.24) is 5.32 Å². The summed E-state index contributed by atoms with van der Waals surface area (Å²) in [6.07, 6.45) is 3.20. The molecule has 2 N–H and O–H groups in total. The summed E-state index contributed by atoms with van der Waals surface area (Å²) in [6.45, 7) is 4.52. The Kier molecular flexibility index (Phi) is 6.85. The zero-order chi connectivity index (χ0) is 22.5. The fourth-order valence-electron chi connectivity index (χ4n) is 3.61. The van der Waals surface area contributed by atoms with Crippen molar-refractivity contribution >= 4 is 35.1 Å². The van der Waals surface area contributed by atoms with Crippen molar-refractivity contribution < 1.29 is 14.0 Å². The van der Waals surface area contributed by atoms with Crippen molar-refractivity contribution in [1.29, 1.82) is 0 Å². The number of fused-ring (bicyclic) bond motifs is 1. The van der Waals surface area contributed by atoms with Crippen LogP contribution >= 0.6 is 11.8 Å². The average molecular weight is 450 g/mol. The van der Waals surface area contributed by atoms with Gasteiger partial charge in [0.05, 0.1) is 24.2 Å². The number of hydrogen-bond acceptors (Lipinski definition) is 4. The van der Waals surface area contributed by atoms with Crippen molar-refractivity contribution in [2.24, 2.45) is 0 Å². The van der Waals surface area contributed by atoms with E-state index in [1.54, 1.807) is 11.2 Å². The third kappa shape index (κ3) is 5.53. The van der Waals surface area contributed by atoms with Gasteiger partial charge in [0.25, 0.3) is 0 Å². The van der Waals surface area contributed by atoms with Crippen molar-refractivity contribution in [2.75, 3.05) is 16.0 Å². The summed E-state index contributed by atoms with van der Waals surface area (Å²) in [5.74, 6) is 1.39. The van der Waals surface area contributed by atoms with Crippen LogP contribution in [0.3, 0.4) is 0 Å². The highest BCUT2D eigenvalue weighted by Gasteiger charge is 2.25. The van der Waals surface area contributed by atoms with Crippen LogP contribution in [0.15, 0.2) is 70.2 Å². The summed E-state index contributed by atoms with van der Waals surface area (Å²) in [4.78, 5) is 28.0. The molecule has 3 amide bonds. The molecule has 1 aliphatic heterocycles. The molecule has 166 valence electrons. The molecule has 1 aromatic heterocycles. The first kappa shape index (κ1) is 22.0. The molecule has 0 saturated carbocycles.